The molecule has 30 heavy (non-hydrogen) atoms. The predicted molar refractivity (Wildman–Crippen MR) is 115 cm³/mol. The van der Waals surface area contributed by atoms with Gasteiger partial charge in [-0.25, -0.2) is 19.4 Å². The number of amides is 1. The van der Waals surface area contributed by atoms with Gasteiger partial charge < -0.3 is 9.47 Å². The lowest BCUT2D eigenvalue weighted by atomic mass is 9.93. The fraction of sp³-hybridized carbons (Fsp3) is 0.333. The van der Waals surface area contributed by atoms with E-state index in [1.54, 1.807) is 10.9 Å². The molecule has 0 unspecified atom stereocenters. The van der Waals surface area contributed by atoms with Gasteiger partial charge in [-0.05, 0) is 48.4 Å². The second-order valence-corrected chi connectivity index (χ2v) is 8.55. The Hall–Kier alpha value is -3.20. The number of thiophene rings is 1. The molecule has 5 rings (SSSR count). The highest BCUT2D eigenvalue weighted by Gasteiger charge is 2.25. The number of aromatic nitrogens is 5. The van der Waals surface area contributed by atoms with Gasteiger partial charge in [-0.1, -0.05) is 12.1 Å². The molecule has 1 fully saturated rings. The van der Waals surface area contributed by atoms with Crippen molar-refractivity contribution in [3.8, 4) is 5.00 Å². The maximum atomic E-state index is 12.8. The summed E-state index contributed by atoms with van der Waals surface area (Å²) in [4.78, 5) is 31.3. The first-order valence-electron chi connectivity index (χ1n) is 10.1. The SMILES string of the molecule is O=C(Cn1cnc2ccccc21)N1CCC(Cc2n[nH]c(=O)n2-c2cccs2)CC1. The van der Waals surface area contributed by atoms with Gasteiger partial charge in [-0.3, -0.25) is 4.79 Å². The zero-order valence-electron chi connectivity index (χ0n) is 16.4. The highest BCUT2D eigenvalue weighted by atomic mass is 32.1. The molecular weight excluding hydrogens is 400 g/mol. The molecular formula is C21H22N6O2S. The Balaban J connectivity index is 1.21. The van der Waals surface area contributed by atoms with Gasteiger partial charge in [0.05, 0.1) is 17.4 Å². The van der Waals surface area contributed by atoms with Crippen molar-refractivity contribution in [2.45, 2.75) is 25.8 Å². The number of carbonyl (C=O) groups is 1. The molecule has 1 amide bonds. The van der Waals surface area contributed by atoms with Crippen molar-refractivity contribution in [3.63, 3.8) is 0 Å². The van der Waals surface area contributed by atoms with Crippen molar-refractivity contribution < 1.29 is 4.79 Å². The molecule has 0 bridgehead atoms. The van der Waals surface area contributed by atoms with E-state index in [2.05, 4.69) is 15.2 Å². The van der Waals surface area contributed by atoms with E-state index < -0.39 is 0 Å². The second kappa shape index (κ2) is 7.91. The zero-order valence-corrected chi connectivity index (χ0v) is 17.2. The summed E-state index contributed by atoms with van der Waals surface area (Å²) in [7, 11) is 0. The van der Waals surface area contributed by atoms with Crippen LogP contribution in [0.15, 0.2) is 52.9 Å². The molecule has 1 aliphatic rings. The summed E-state index contributed by atoms with van der Waals surface area (Å²) in [5.74, 6) is 1.28. The van der Waals surface area contributed by atoms with Crippen LogP contribution in [0.2, 0.25) is 0 Å². The Bertz CT molecular complexity index is 1210. The molecule has 3 aromatic heterocycles. The van der Waals surface area contributed by atoms with Crippen molar-refractivity contribution in [2.75, 3.05) is 13.1 Å². The van der Waals surface area contributed by atoms with Gasteiger partial charge in [-0.15, -0.1) is 11.3 Å². The number of rotatable bonds is 5. The molecule has 0 atom stereocenters. The third-order valence-electron chi connectivity index (χ3n) is 5.74. The Labute approximate surface area is 176 Å². The summed E-state index contributed by atoms with van der Waals surface area (Å²) >= 11 is 1.52. The van der Waals surface area contributed by atoms with E-state index in [-0.39, 0.29) is 11.6 Å². The highest BCUT2D eigenvalue weighted by Crippen LogP contribution is 2.23. The van der Waals surface area contributed by atoms with Crippen molar-refractivity contribution in [3.05, 3.63) is 64.4 Å². The van der Waals surface area contributed by atoms with Crippen LogP contribution >= 0.6 is 11.3 Å². The summed E-state index contributed by atoms with van der Waals surface area (Å²) in [6.45, 7) is 1.76. The fourth-order valence-electron chi connectivity index (χ4n) is 4.12. The van der Waals surface area contributed by atoms with Gasteiger partial charge >= 0.3 is 5.69 Å². The van der Waals surface area contributed by atoms with Crippen LogP contribution in [0.3, 0.4) is 0 Å². The minimum Gasteiger partial charge on any atom is -0.341 e. The quantitative estimate of drug-likeness (QED) is 0.535. The first-order chi connectivity index (χ1) is 14.7. The molecule has 1 aromatic carbocycles. The lowest BCUT2D eigenvalue weighted by Gasteiger charge is -2.32. The van der Waals surface area contributed by atoms with Gasteiger partial charge in [0.25, 0.3) is 0 Å². The fourth-order valence-corrected chi connectivity index (χ4v) is 4.86. The van der Waals surface area contributed by atoms with Crippen LogP contribution < -0.4 is 5.69 Å². The smallest absolute Gasteiger partial charge is 0.341 e. The first kappa shape index (κ1) is 18.8. The third-order valence-corrected chi connectivity index (χ3v) is 6.59. The number of nitrogens with one attached hydrogen (secondary N) is 1. The number of para-hydroxylation sites is 2. The number of hydrogen-bond acceptors (Lipinski definition) is 5. The molecule has 4 heterocycles. The number of likely N-dealkylation sites (tertiary alicyclic amines) is 1. The predicted octanol–water partition coefficient (Wildman–Crippen LogP) is 2.45. The van der Waals surface area contributed by atoms with Crippen molar-refractivity contribution >= 4 is 28.3 Å². The van der Waals surface area contributed by atoms with Crippen LogP contribution in [-0.4, -0.2) is 48.2 Å². The van der Waals surface area contributed by atoms with E-state index in [9.17, 15) is 9.59 Å². The van der Waals surface area contributed by atoms with Crippen molar-refractivity contribution in [1.82, 2.24) is 29.2 Å². The zero-order chi connectivity index (χ0) is 20.5. The molecule has 0 aliphatic carbocycles. The minimum atomic E-state index is -0.201. The Morgan fingerprint density at radius 3 is 2.80 bits per heavy atom. The van der Waals surface area contributed by atoms with E-state index in [1.807, 2.05) is 51.2 Å². The largest absolute Gasteiger partial charge is 0.348 e. The maximum Gasteiger partial charge on any atom is 0.348 e. The second-order valence-electron chi connectivity index (χ2n) is 7.62. The van der Waals surface area contributed by atoms with E-state index in [1.165, 1.54) is 11.3 Å². The molecule has 0 spiro atoms. The van der Waals surface area contributed by atoms with E-state index in [0.717, 1.165) is 54.2 Å². The molecule has 8 nitrogen and oxygen atoms in total. The standard InChI is InChI=1S/C21H22N6O2S/c28-19(13-26-14-22-16-4-1-2-5-17(16)26)25-9-7-15(8-10-25)12-18-23-24-21(29)27(18)20-6-3-11-30-20/h1-6,11,14-15H,7-10,12-13H2,(H,24,29). The van der Waals surface area contributed by atoms with Crippen LogP contribution in [0.25, 0.3) is 16.0 Å². The number of carbonyl (C=O) groups excluding carboxylic acids is 1. The highest BCUT2D eigenvalue weighted by molar-refractivity contribution is 7.12. The van der Waals surface area contributed by atoms with Crippen molar-refractivity contribution in [1.29, 1.82) is 0 Å². The summed E-state index contributed by atoms with van der Waals surface area (Å²) in [5, 5.41) is 9.64. The van der Waals surface area contributed by atoms with Gasteiger partial charge in [-0.2, -0.15) is 5.10 Å². The monoisotopic (exact) mass is 422 g/mol. The van der Waals surface area contributed by atoms with Gasteiger partial charge in [0.1, 0.15) is 17.4 Å². The summed E-state index contributed by atoms with van der Waals surface area (Å²) in [6.07, 6.45) is 4.27. The van der Waals surface area contributed by atoms with Gasteiger partial charge in [0.2, 0.25) is 5.91 Å². The number of aromatic amines is 1. The number of H-pyrrole nitrogens is 1. The number of benzene rings is 1. The molecule has 1 N–H and O–H groups in total. The van der Waals surface area contributed by atoms with Crippen LogP contribution in [0.5, 0.6) is 0 Å². The van der Waals surface area contributed by atoms with E-state index in [0.29, 0.717) is 12.5 Å². The van der Waals surface area contributed by atoms with E-state index >= 15 is 0 Å². The minimum absolute atomic E-state index is 0.117. The lowest BCUT2D eigenvalue weighted by Crippen LogP contribution is -2.40. The van der Waals surface area contributed by atoms with Crippen LogP contribution in [0, 0.1) is 5.92 Å². The molecule has 4 aromatic rings. The summed E-state index contributed by atoms with van der Waals surface area (Å²) < 4.78 is 3.57. The number of fused-ring (bicyclic) bond motifs is 1. The van der Waals surface area contributed by atoms with Gasteiger partial charge in [0, 0.05) is 19.5 Å². The Morgan fingerprint density at radius 1 is 1.17 bits per heavy atom. The van der Waals surface area contributed by atoms with Gasteiger partial charge in [0.15, 0.2) is 0 Å². The van der Waals surface area contributed by atoms with Crippen molar-refractivity contribution in [2.24, 2.45) is 5.92 Å². The molecule has 0 radical (unpaired) electrons. The normalized spacial score (nSPS) is 15.1. The molecule has 0 saturated carbocycles. The number of nitrogens with zero attached hydrogens (tertiary/aromatic N) is 5. The number of piperidine rings is 1. The Kier molecular flexibility index (Phi) is 4.96. The van der Waals surface area contributed by atoms with E-state index in [4.69, 9.17) is 0 Å². The summed E-state index contributed by atoms with van der Waals surface area (Å²) in [6, 6.07) is 11.7. The molecule has 9 heteroatoms. The lowest BCUT2D eigenvalue weighted by molar-refractivity contribution is -0.133. The average Bonchev–Trinajstić information content (AvgIpc) is 3.50. The third kappa shape index (κ3) is 3.56. The first-order valence-corrected chi connectivity index (χ1v) is 10.9. The van der Waals surface area contributed by atoms with Crippen LogP contribution in [0.1, 0.15) is 18.7 Å². The molecule has 1 saturated heterocycles. The molecule has 1 aliphatic heterocycles. The molecule has 154 valence electrons. The number of hydrogen-bond donors (Lipinski definition) is 1. The Morgan fingerprint density at radius 2 is 2.00 bits per heavy atom. The topological polar surface area (TPSA) is 88.8 Å². The maximum absolute atomic E-state index is 12.8. The number of imidazole rings is 1. The van der Waals surface area contributed by atoms with Crippen LogP contribution in [0.4, 0.5) is 0 Å². The average molecular weight is 423 g/mol. The summed E-state index contributed by atoms with van der Waals surface area (Å²) in [5.41, 5.74) is 1.68. The van der Waals surface area contributed by atoms with Crippen LogP contribution in [-0.2, 0) is 17.8 Å².